The molecule has 0 saturated heterocycles. The zero-order valence-electron chi connectivity index (χ0n) is 10.6. The maximum atomic E-state index is 11.1. The van der Waals surface area contributed by atoms with E-state index in [0.29, 0.717) is 6.54 Å². The Hall–Kier alpha value is -1.55. The van der Waals surface area contributed by atoms with E-state index in [1.54, 1.807) is 7.05 Å². The molecule has 0 aliphatic heterocycles. The number of benzene rings is 1. The quantitative estimate of drug-likeness (QED) is 0.720. The molecule has 0 unspecified atom stereocenters. The van der Waals surface area contributed by atoms with Crippen molar-refractivity contribution in [2.24, 2.45) is 0 Å². The molecule has 0 radical (unpaired) electrons. The van der Waals surface area contributed by atoms with Crippen LogP contribution in [0.25, 0.3) is 0 Å². The molecule has 94 valence electrons. The Morgan fingerprint density at radius 1 is 1.47 bits per heavy atom. The molecule has 1 rings (SSSR count). The largest absolute Gasteiger partial charge is 0.399 e. The van der Waals surface area contributed by atoms with Gasteiger partial charge in [0.1, 0.15) is 0 Å². The number of anilines is 1. The highest BCUT2D eigenvalue weighted by Crippen LogP contribution is 2.08. The van der Waals surface area contributed by atoms with Crippen molar-refractivity contribution in [3.8, 4) is 0 Å². The third-order valence-corrected chi connectivity index (χ3v) is 2.65. The van der Waals surface area contributed by atoms with Crippen molar-refractivity contribution in [1.29, 1.82) is 0 Å². The summed E-state index contributed by atoms with van der Waals surface area (Å²) < 4.78 is 0. The molecule has 0 fully saturated rings. The van der Waals surface area contributed by atoms with Crippen molar-refractivity contribution >= 4 is 11.6 Å². The lowest BCUT2D eigenvalue weighted by Crippen LogP contribution is -2.33. The van der Waals surface area contributed by atoms with E-state index < -0.39 is 0 Å². The summed E-state index contributed by atoms with van der Waals surface area (Å²) in [6.07, 6.45) is 2.01. The Bertz CT molecular complexity index is 365. The van der Waals surface area contributed by atoms with E-state index in [1.807, 2.05) is 30.1 Å². The third-order valence-electron chi connectivity index (χ3n) is 2.65. The second-order valence-corrected chi connectivity index (χ2v) is 4.26. The minimum atomic E-state index is 0.0523. The van der Waals surface area contributed by atoms with Crippen molar-refractivity contribution in [3.63, 3.8) is 0 Å². The molecular formula is C13H21N3O. The number of carbonyl (C=O) groups is 1. The fourth-order valence-electron chi connectivity index (χ4n) is 1.70. The third kappa shape index (κ3) is 5.36. The number of nitrogens with two attached hydrogens (primary N) is 1. The van der Waals surface area contributed by atoms with Crippen LogP contribution in [0, 0.1) is 0 Å². The van der Waals surface area contributed by atoms with Crippen LogP contribution in [0.2, 0.25) is 0 Å². The van der Waals surface area contributed by atoms with Gasteiger partial charge in [-0.15, -0.1) is 0 Å². The lowest BCUT2D eigenvalue weighted by molar-refractivity contribution is -0.121. The van der Waals surface area contributed by atoms with Crippen molar-refractivity contribution in [3.05, 3.63) is 29.8 Å². The smallest absolute Gasteiger partial charge is 0.233 e. The van der Waals surface area contributed by atoms with Crippen molar-refractivity contribution in [2.45, 2.75) is 12.8 Å². The number of carbonyl (C=O) groups excluding carboxylic acids is 1. The topological polar surface area (TPSA) is 58.4 Å². The van der Waals surface area contributed by atoms with Gasteiger partial charge in [-0.25, -0.2) is 0 Å². The predicted molar refractivity (Wildman–Crippen MR) is 70.7 cm³/mol. The molecule has 0 bridgehead atoms. The Morgan fingerprint density at radius 2 is 2.24 bits per heavy atom. The number of hydrogen-bond donors (Lipinski definition) is 2. The van der Waals surface area contributed by atoms with E-state index in [0.717, 1.165) is 25.1 Å². The molecule has 0 saturated carbocycles. The number of rotatable bonds is 6. The number of amides is 1. The van der Waals surface area contributed by atoms with E-state index >= 15 is 0 Å². The van der Waals surface area contributed by atoms with Gasteiger partial charge in [0.2, 0.25) is 5.91 Å². The van der Waals surface area contributed by atoms with Gasteiger partial charge >= 0.3 is 0 Å². The Balaban J connectivity index is 2.25. The summed E-state index contributed by atoms with van der Waals surface area (Å²) in [6, 6.07) is 7.94. The molecule has 3 N–H and O–H groups in total. The van der Waals surface area contributed by atoms with E-state index in [2.05, 4.69) is 11.4 Å². The molecule has 1 aromatic rings. The van der Waals surface area contributed by atoms with Crippen LogP contribution >= 0.6 is 0 Å². The fourth-order valence-corrected chi connectivity index (χ4v) is 1.70. The summed E-state index contributed by atoms with van der Waals surface area (Å²) in [7, 11) is 3.61. The molecule has 1 amide bonds. The predicted octanol–water partition coefficient (Wildman–Crippen LogP) is 0.879. The Labute approximate surface area is 103 Å². The molecule has 0 heterocycles. The van der Waals surface area contributed by atoms with Gasteiger partial charge in [-0.3, -0.25) is 9.69 Å². The van der Waals surface area contributed by atoms with Crippen molar-refractivity contribution in [1.82, 2.24) is 10.2 Å². The van der Waals surface area contributed by atoms with Gasteiger partial charge < -0.3 is 11.1 Å². The molecule has 0 aliphatic rings. The van der Waals surface area contributed by atoms with Gasteiger partial charge in [0.25, 0.3) is 0 Å². The van der Waals surface area contributed by atoms with Crippen LogP contribution in [0.3, 0.4) is 0 Å². The summed E-state index contributed by atoms with van der Waals surface area (Å²) in [4.78, 5) is 13.1. The maximum absolute atomic E-state index is 11.1. The van der Waals surface area contributed by atoms with Crippen LogP contribution in [0.5, 0.6) is 0 Å². The van der Waals surface area contributed by atoms with Crippen LogP contribution in [0.4, 0.5) is 5.69 Å². The van der Waals surface area contributed by atoms with E-state index in [9.17, 15) is 4.79 Å². The summed E-state index contributed by atoms with van der Waals surface area (Å²) >= 11 is 0. The van der Waals surface area contributed by atoms with Gasteiger partial charge in [0.05, 0.1) is 6.54 Å². The summed E-state index contributed by atoms with van der Waals surface area (Å²) in [5.41, 5.74) is 7.77. The van der Waals surface area contributed by atoms with Gasteiger partial charge in [-0.05, 0) is 44.1 Å². The van der Waals surface area contributed by atoms with Gasteiger partial charge in [0.15, 0.2) is 0 Å². The van der Waals surface area contributed by atoms with Gasteiger partial charge in [-0.2, -0.15) is 0 Å². The molecule has 4 nitrogen and oxygen atoms in total. The zero-order chi connectivity index (χ0) is 12.7. The number of nitrogens with one attached hydrogen (secondary N) is 1. The number of likely N-dealkylation sites (N-methyl/N-ethyl adjacent to an activating group) is 2. The number of hydrogen-bond acceptors (Lipinski definition) is 3. The van der Waals surface area contributed by atoms with Crippen molar-refractivity contribution < 1.29 is 4.79 Å². The highest BCUT2D eigenvalue weighted by molar-refractivity contribution is 5.77. The lowest BCUT2D eigenvalue weighted by atomic mass is 10.1. The Morgan fingerprint density at radius 3 is 2.88 bits per heavy atom. The monoisotopic (exact) mass is 235 g/mol. The first kappa shape index (κ1) is 13.5. The minimum Gasteiger partial charge on any atom is -0.399 e. The molecule has 0 atom stereocenters. The first-order valence-corrected chi connectivity index (χ1v) is 5.85. The highest BCUT2D eigenvalue weighted by Gasteiger charge is 2.03. The molecule has 4 heteroatoms. The molecule has 0 aliphatic carbocycles. The molecule has 0 spiro atoms. The molecular weight excluding hydrogens is 214 g/mol. The second-order valence-electron chi connectivity index (χ2n) is 4.26. The lowest BCUT2D eigenvalue weighted by Gasteiger charge is -2.15. The number of nitrogen functional groups attached to an aromatic ring is 1. The summed E-state index contributed by atoms with van der Waals surface area (Å²) in [5.74, 6) is 0.0523. The van der Waals surface area contributed by atoms with Gasteiger partial charge in [0, 0.05) is 12.7 Å². The summed E-state index contributed by atoms with van der Waals surface area (Å²) in [5, 5.41) is 2.61. The first-order valence-electron chi connectivity index (χ1n) is 5.85. The molecule has 0 aromatic heterocycles. The SMILES string of the molecule is CNC(=O)CN(C)CCCc1cccc(N)c1. The molecule has 17 heavy (non-hydrogen) atoms. The minimum absolute atomic E-state index is 0.0523. The highest BCUT2D eigenvalue weighted by atomic mass is 16.1. The first-order chi connectivity index (χ1) is 8.11. The fraction of sp³-hybridized carbons (Fsp3) is 0.462. The average molecular weight is 235 g/mol. The standard InChI is InChI=1S/C13H21N3O/c1-15-13(17)10-16(2)8-4-6-11-5-3-7-12(14)9-11/h3,5,7,9H,4,6,8,10,14H2,1-2H3,(H,15,17). The number of nitrogens with zero attached hydrogens (tertiary/aromatic N) is 1. The van der Waals surface area contributed by atoms with E-state index in [-0.39, 0.29) is 5.91 Å². The summed E-state index contributed by atoms with van der Waals surface area (Å²) in [6.45, 7) is 1.36. The van der Waals surface area contributed by atoms with Crippen LogP contribution in [0.1, 0.15) is 12.0 Å². The van der Waals surface area contributed by atoms with Gasteiger partial charge in [-0.1, -0.05) is 12.1 Å². The number of aryl methyl sites for hydroxylation is 1. The van der Waals surface area contributed by atoms with Crippen LogP contribution in [0.15, 0.2) is 24.3 Å². The maximum Gasteiger partial charge on any atom is 0.233 e. The van der Waals surface area contributed by atoms with Crippen LogP contribution in [-0.2, 0) is 11.2 Å². The zero-order valence-corrected chi connectivity index (χ0v) is 10.6. The van der Waals surface area contributed by atoms with Crippen LogP contribution in [-0.4, -0.2) is 38.0 Å². The molecule has 1 aromatic carbocycles. The normalized spacial score (nSPS) is 10.5. The van der Waals surface area contributed by atoms with Crippen molar-refractivity contribution in [2.75, 3.05) is 32.9 Å². The van der Waals surface area contributed by atoms with E-state index in [1.165, 1.54) is 5.56 Å². The van der Waals surface area contributed by atoms with Crippen LogP contribution < -0.4 is 11.1 Å². The van der Waals surface area contributed by atoms with E-state index in [4.69, 9.17) is 5.73 Å². The Kier molecular flexibility index (Phi) is 5.49. The average Bonchev–Trinajstić information content (AvgIpc) is 2.29. The second kappa shape index (κ2) is 6.91.